The smallest absolute Gasteiger partial charge is 0.137 e. The number of pyridine rings is 1. The minimum Gasteiger partial charge on any atom is -0.456 e. The summed E-state index contributed by atoms with van der Waals surface area (Å²) in [5.41, 5.74) is 11.4. The molecule has 4 heteroatoms. The van der Waals surface area contributed by atoms with E-state index in [1.807, 2.05) is 29.5 Å². The third-order valence-corrected chi connectivity index (χ3v) is 10.8. The van der Waals surface area contributed by atoms with Gasteiger partial charge in [0.05, 0.1) is 28.1 Å². The molecule has 0 aliphatic heterocycles. The second kappa shape index (κ2) is 12.1. The van der Waals surface area contributed by atoms with Gasteiger partial charge in [-0.3, -0.25) is 0 Å². The summed E-state index contributed by atoms with van der Waals surface area (Å²) in [5, 5.41) is 4.63. The Morgan fingerprint density at radius 1 is 0.412 bits per heavy atom. The summed E-state index contributed by atoms with van der Waals surface area (Å²) in [7, 11) is 0. The van der Waals surface area contributed by atoms with Crippen LogP contribution in [0.1, 0.15) is 0 Å². The molecule has 0 fully saturated rings. The van der Waals surface area contributed by atoms with Crippen LogP contribution in [0.3, 0.4) is 0 Å². The Labute approximate surface area is 299 Å². The van der Waals surface area contributed by atoms with E-state index in [1.54, 1.807) is 0 Å². The Kier molecular flexibility index (Phi) is 7.00. The van der Waals surface area contributed by atoms with Gasteiger partial charge in [-0.25, -0.2) is 4.98 Å². The first kappa shape index (κ1) is 29.4. The molecule has 240 valence electrons. The average molecular weight is 671 g/mol. The first-order valence-electron chi connectivity index (χ1n) is 17.1. The van der Waals surface area contributed by atoms with Crippen molar-refractivity contribution < 1.29 is 4.42 Å². The number of rotatable bonds is 6. The van der Waals surface area contributed by atoms with Gasteiger partial charge < -0.3 is 9.32 Å². The lowest BCUT2D eigenvalue weighted by Gasteiger charge is -2.27. The Morgan fingerprint density at radius 3 is 1.82 bits per heavy atom. The van der Waals surface area contributed by atoms with E-state index in [1.165, 1.54) is 25.7 Å². The summed E-state index contributed by atoms with van der Waals surface area (Å²) in [6.45, 7) is 0. The Morgan fingerprint density at radius 2 is 1.04 bits per heavy atom. The second-order valence-corrected chi connectivity index (χ2v) is 13.8. The number of fused-ring (bicyclic) bond motifs is 6. The number of hydrogen-bond acceptors (Lipinski definition) is 4. The summed E-state index contributed by atoms with van der Waals surface area (Å²) >= 11 is 1.83. The van der Waals surface area contributed by atoms with Gasteiger partial charge in [0, 0.05) is 42.4 Å². The molecule has 3 heterocycles. The number of nitrogens with zero attached hydrogens (tertiary/aromatic N) is 2. The van der Waals surface area contributed by atoms with E-state index in [2.05, 4.69) is 169 Å². The van der Waals surface area contributed by atoms with E-state index in [0.717, 1.165) is 67.1 Å². The second-order valence-electron chi connectivity index (χ2n) is 12.7. The van der Waals surface area contributed by atoms with Crippen LogP contribution in [0.15, 0.2) is 186 Å². The van der Waals surface area contributed by atoms with Crippen molar-refractivity contribution in [3.05, 3.63) is 182 Å². The first-order valence-corrected chi connectivity index (χ1v) is 17.9. The Balaban J connectivity index is 1.22. The third kappa shape index (κ3) is 5.08. The van der Waals surface area contributed by atoms with Gasteiger partial charge >= 0.3 is 0 Å². The van der Waals surface area contributed by atoms with Crippen LogP contribution in [0, 0.1) is 0 Å². The largest absolute Gasteiger partial charge is 0.456 e. The van der Waals surface area contributed by atoms with E-state index in [9.17, 15) is 0 Å². The van der Waals surface area contributed by atoms with Gasteiger partial charge in [-0.05, 0) is 77.9 Å². The molecule has 0 radical (unpaired) electrons. The maximum Gasteiger partial charge on any atom is 0.137 e. The number of aromatic nitrogens is 1. The first-order chi connectivity index (χ1) is 25.3. The molecule has 0 atom stereocenters. The summed E-state index contributed by atoms with van der Waals surface area (Å²) < 4.78 is 8.85. The molecule has 7 aromatic carbocycles. The van der Waals surface area contributed by atoms with Crippen LogP contribution in [-0.2, 0) is 0 Å². The summed E-state index contributed by atoms with van der Waals surface area (Å²) in [6.07, 6.45) is 0. The number of hydrogen-bond donors (Lipinski definition) is 0. The van der Waals surface area contributed by atoms with Gasteiger partial charge in [0.15, 0.2) is 0 Å². The van der Waals surface area contributed by atoms with Gasteiger partial charge in [0.25, 0.3) is 0 Å². The van der Waals surface area contributed by atoms with E-state index in [-0.39, 0.29) is 0 Å². The third-order valence-electron chi connectivity index (χ3n) is 9.65. The lowest BCUT2D eigenvalue weighted by atomic mass is 9.99. The fourth-order valence-electron chi connectivity index (χ4n) is 7.31. The van der Waals surface area contributed by atoms with Crippen LogP contribution in [-0.4, -0.2) is 4.98 Å². The van der Waals surface area contributed by atoms with Crippen molar-refractivity contribution in [3.8, 4) is 33.6 Å². The Bertz CT molecular complexity index is 2800. The SMILES string of the molecule is c1ccc(-c2cc(-c3ccccc3)nc(-c3ccc4sc5cccc(N(c6ccccc6)c6cccc7oc8ccccc8c67)c5c4c3)c2)cc1. The molecule has 0 saturated carbocycles. The number of anilines is 3. The molecule has 0 aliphatic carbocycles. The van der Waals surface area contributed by atoms with E-state index in [4.69, 9.17) is 9.40 Å². The Hall–Kier alpha value is -6.49. The zero-order valence-electron chi connectivity index (χ0n) is 27.5. The topological polar surface area (TPSA) is 29.3 Å². The quantitative estimate of drug-likeness (QED) is 0.176. The summed E-state index contributed by atoms with van der Waals surface area (Å²) in [6, 6.07) is 64.2. The highest BCUT2D eigenvalue weighted by Crippen LogP contribution is 2.48. The highest BCUT2D eigenvalue weighted by molar-refractivity contribution is 7.26. The molecule has 10 rings (SSSR count). The van der Waals surface area contributed by atoms with E-state index < -0.39 is 0 Å². The fraction of sp³-hybridized carbons (Fsp3) is 0. The minimum atomic E-state index is 0.873. The highest BCUT2D eigenvalue weighted by Gasteiger charge is 2.22. The van der Waals surface area contributed by atoms with Gasteiger partial charge in [-0.15, -0.1) is 11.3 Å². The molecular weight excluding hydrogens is 641 g/mol. The molecule has 0 unspecified atom stereocenters. The fourth-order valence-corrected chi connectivity index (χ4v) is 8.42. The van der Waals surface area contributed by atoms with E-state index >= 15 is 0 Å². The summed E-state index contributed by atoms with van der Waals surface area (Å²) in [5.74, 6) is 0. The van der Waals surface area contributed by atoms with E-state index in [0.29, 0.717) is 0 Å². The number of benzene rings is 7. The van der Waals surface area contributed by atoms with Crippen molar-refractivity contribution in [1.29, 1.82) is 0 Å². The van der Waals surface area contributed by atoms with Gasteiger partial charge in [0.1, 0.15) is 11.2 Å². The molecule has 10 aromatic rings. The van der Waals surface area contributed by atoms with Gasteiger partial charge in [0.2, 0.25) is 0 Å². The lowest BCUT2D eigenvalue weighted by Crippen LogP contribution is -2.10. The standard InChI is InChI=1S/C47H30N2OS/c1-4-14-31(15-5-1)34-29-38(32-16-6-2-7-17-32)48-39(30-34)33-26-27-44-37(28-33)47-41(22-13-25-45(47)51-44)49(35-18-8-3-9-19-35)40-21-12-24-43-46(40)36-20-10-11-23-42(36)50-43/h1-30H. The zero-order valence-corrected chi connectivity index (χ0v) is 28.3. The molecule has 0 amide bonds. The van der Waals surface area contributed by atoms with Crippen molar-refractivity contribution >= 4 is 70.5 Å². The van der Waals surface area contributed by atoms with Gasteiger partial charge in [-0.1, -0.05) is 115 Å². The van der Waals surface area contributed by atoms with Crippen molar-refractivity contribution in [2.75, 3.05) is 4.90 Å². The molecule has 0 spiro atoms. The van der Waals surface area contributed by atoms with Crippen LogP contribution in [0.2, 0.25) is 0 Å². The molecule has 0 bridgehead atoms. The van der Waals surface area contributed by atoms with Crippen molar-refractivity contribution in [2.45, 2.75) is 0 Å². The highest BCUT2D eigenvalue weighted by atomic mass is 32.1. The van der Waals surface area contributed by atoms with Crippen LogP contribution in [0.5, 0.6) is 0 Å². The molecule has 0 saturated heterocycles. The lowest BCUT2D eigenvalue weighted by molar-refractivity contribution is 0.669. The maximum atomic E-state index is 6.37. The van der Waals surface area contributed by atoms with Gasteiger partial charge in [-0.2, -0.15) is 0 Å². The van der Waals surface area contributed by atoms with Crippen LogP contribution in [0.25, 0.3) is 75.8 Å². The van der Waals surface area contributed by atoms with Crippen molar-refractivity contribution in [2.24, 2.45) is 0 Å². The van der Waals surface area contributed by atoms with Crippen molar-refractivity contribution in [1.82, 2.24) is 4.98 Å². The predicted octanol–water partition coefficient (Wildman–Crippen LogP) is 13.8. The minimum absolute atomic E-state index is 0.873. The molecule has 51 heavy (non-hydrogen) atoms. The normalized spacial score (nSPS) is 11.5. The number of para-hydroxylation sites is 2. The molecule has 3 aromatic heterocycles. The number of furan rings is 1. The number of thiophene rings is 1. The molecule has 0 N–H and O–H groups in total. The van der Waals surface area contributed by atoms with Crippen molar-refractivity contribution in [3.63, 3.8) is 0 Å². The van der Waals surface area contributed by atoms with Crippen LogP contribution in [0.4, 0.5) is 17.1 Å². The molecule has 3 nitrogen and oxygen atoms in total. The van der Waals surface area contributed by atoms with Crippen LogP contribution < -0.4 is 4.90 Å². The summed E-state index contributed by atoms with van der Waals surface area (Å²) in [4.78, 5) is 7.66. The zero-order chi connectivity index (χ0) is 33.7. The van der Waals surface area contributed by atoms with Crippen LogP contribution >= 0.6 is 11.3 Å². The average Bonchev–Trinajstić information content (AvgIpc) is 3.78. The maximum absolute atomic E-state index is 6.37. The predicted molar refractivity (Wildman–Crippen MR) is 215 cm³/mol. The molecule has 0 aliphatic rings. The monoisotopic (exact) mass is 670 g/mol. The molecular formula is C47H30N2OS.